The predicted molar refractivity (Wildman–Crippen MR) is 80.7 cm³/mol. The number of halogens is 2. The highest BCUT2D eigenvalue weighted by atomic mass is 35.5. The Kier molecular flexibility index (Phi) is 5.39. The van der Waals surface area contributed by atoms with Crippen molar-refractivity contribution in [1.29, 1.82) is 0 Å². The van der Waals surface area contributed by atoms with E-state index in [1.54, 1.807) is 11.9 Å². The van der Waals surface area contributed by atoms with E-state index in [2.05, 4.69) is 10.3 Å². The van der Waals surface area contributed by atoms with Gasteiger partial charge in [0.05, 0.1) is 17.1 Å². The van der Waals surface area contributed by atoms with Crippen LogP contribution in [0.5, 0.6) is 0 Å². The second-order valence-electron chi connectivity index (χ2n) is 4.73. The lowest BCUT2D eigenvalue weighted by atomic mass is 10.2. The van der Waals surface area contributed by atoms with Gasteiger partial charge in [-0.2, -0.15) is 0 Å². The van der Waals surface area contributed by atoms with E-state index in [1.165, 1.54) is 12.3 Å². The second-order valence-corrected chi connectivity index (χ2v) is 5.52. The second kappa shape index (κ2) is 7.06. The molecule has 1 aliphatic rings. The first-order valence-electron chi connectivity index (χ1n) is 6.54. The fraction of sp³-hybridized carbons (Fsp3) is 0.462. The van der Waals surface area contributed by atoms with E-state index in [0.717, 1.165) is 0 Å². The molecular weight excluding hydrogens is 315 g/mol. The van der Waals surface area contributed by atoms with Gasteiger partial charge in [0, 0.05) is 39.4 Å². The Morgan fingerprint density at radius 3 is 2.57 bits per heavy atom. The van der Waals surface area contributed by atoms with Crippen LogP contribution in [0.15, 0.2) is 12.3 Å². The summed E-state index contributed by atoms with van der Waals surface area (Å²) in [5.74, 6) is -0.192. The van der Waals surface area contributed by atoms with Gasteiger partial charge >= 0.3 is 0 Å². The molecule has 2 heterocycles. The molecule has 1 N–H and O–H groups in total. The van der Waals surface area contributed by atoms with Crippen LogP contribution in [0.4, 0.5) is 0 Å². The average molecular weight is 331 g/mol. The van der Waals surface area contributed by atoms with Gasteiger partial charge in [0.25, 0.3) is 5.91 Å². The highest BCUT2D eigenvalue weighted by Crippen LogP contribution is 2.20. The first kappa shape index (κ1) is 16.0. The minimum absolute atomic E-state index is 0.0289. The Labute approximate surface area is 133 Å². The van der Waals surface area contributed by atoms with Gasteiger partial charge < -0.3 is 10.2 Å². The molecule has 21 heavy (non-hydrogen) atoms. The molecule has 1 aromatic heterocycles. The number of hydrogen-bond acceptors (Lipinski definition) is 4. The van der Waals surface area contributed by atoms with Crippen LogP contribution in [0.2, 0.25) is 10.2 Å². The number of carbonyl (C=O) groups is 2. The van der Waals surface area contributed by atoms with Gasteiger partial charge in [0.15, 0.2) is 0 Å². The van der Waals surface area contributed by atoms with Crippen molar-refractivity contribution in [3.8, 4) is 0 Å². The van der Waals surface area contributed by atoms with Gasteiger partial charge in [-0.25, -0.2) is 4.98 Å². The van der Waals surface area contributed by atoms with Crippen LogP contribution in [0.25, 0.3) is 0 Å². The number of aromatic nitrogens is 1. The van der Waals surface area contributed by atoms with Crippen LogP contribution in [0.3, 0.4) is 0 Å². The molecule has 0 aliphatic carbocycles. The zero-order valence-corrected chi connectivity index (χ0v) is 13.1. The molecule has 1 fully saturated rings. The summed E-state index contributed by atoms with van der Waals surface area (Å²) in [4.78, 5) is 31.3. The van der Waals surface area contributed by atoms with Crippen molar-refractivity contribution in [2.24, 2.45) is 0 Å². The maximum Gasteiger partial charge on any atom is 0.255 e. The number of nitrogens with one attached hydrogen (secondary N) is 1. The largest absolute Gasteiger partial charge is 0.358 e. The molecule has 2 rings (SSSR count). The van der Waals surface area contributed by atoms with Crippen LogP contribution in [0.1, 0.15) is 10.4 Å². The summed E-state index contributed by atoms with van der Waals surface area (Å²) in [6.45, 7) is 2.74. The molecule has 0 aromatic carbocycles. The van der Waals surface area contributed by atoms with Crippen LogP contribution in [0, 0.1) is 0 Å². The lowest BCUT2D eigenvalue weighted by molar-refractivity contribution is -0.122. The van der Waals surface area contributed by atoms with E-state index in [1.807, 2.05) is 4.90 Å². The van der Waals surface area contributed by atoms with Gasteiger partial charge in [-0.1, -0.05) is 23.2 Å². The smallest absolute Gasteiger partial charge is 0.255 e. The molecule has 8 heteroatoms. The van der Waals surface area contributed by atoms with Crippen molar-refractivity contribution in [1.82, 2.24) is 20.1 Å². The van der Waals surface area contributed by atoms with Crippen molar-refractivity contribution in [3.63, 3.8) is 0 Å². The molecule has 1 saturated heterocycles. The Hall–Kier alpha value is -1.37. The van der Waals surface area contributed by atoms with Gasteiger partial charge in [0.1, 0.15) is 5.15 Å². The minimum atomic E-state index is -0.163. The summed E-state index contributed by atoms with van der Waals surface area (Å²) in [6.07, 6.45) is 1.37. The maximum atomic E-state index is 12.4. The van der Waals surface area contributed by atoms with Crippen molar-refractivity contribution in [2.45, 2.75) is 0 Å². The highest BCUT2D eigenvalue weighted by molar-refractivity contribution is 6.35. The normalized spacial score (nSPS) is 15.9. The summed E-state index contributed by atoms with van der Waals surface area (Å²) >= 11 is 11.8. The zero-order valence-electron chi connectivity index (χ0n) is 11.6. The molecule has 6 nitrogen and oxygen atoms in total. The topological polar surface area (TPSA) is 65.5 Å². The molecule has 0 unspecified atom stereocenters. The Morgan fingerprint density at radius 1 is 1.29 bits per heavy atom. The Bertz CT molecular complexity index is 545. The monoisotopic (exact) mass is 330 g/mol. The average Bonchev–Trinajstić information content (AvgIpc) is 2.49. The predicted octanol–water partition coefficient (Wildman–Crippen LogP) is 0.892. The number of amides is 2. The quantitative estimate of drug-likeness (QED) is 0.836. The number of likely N-dealkylation sites (N-methyl/N-ethyl adjacent to an activating group) is 1. The summed E-state index contributed by atoms with van der Waals surface area (Å²) in [6, 6.07) is 1.48. The summed E-state index contributed by atoms with van der Waals surface area (Å²) in [5, 5.41) is 3.11. The van der Waals surface area contributed by atoms with E-state index in [0.29, 0.717) is 38.3 Å². The van der Waals surface area contributed by atoms with Gasteiger partial charge in [-0.05, 0) is 6.07 Å². The molecule has 2 amide bonds. The third-order valence-corrected chi connectivity index (χ3v) is 3.87. The Morgan fingerprint density at radius 2 is 1.95 bits per heavy atom. The van der Waals surface area contributed by atoms with Gasteiger partial charge in [-0.15, -0.1) is 0 Å². The van der Waals surface area contributed by atoms with E-state index in [4.69, 9.17) is 23.2 Å². The van der Waals surface area contributed by atoms with Crippen LogP contribution in [-0.4, -0.2) is 66.4 Å². The highest BCUT2D eigenvalue weighted by Gasteiger charge is 2.24. The van der Waals surface area contributed by atoms with Crippen LogP contribution >= 0.6 is 23.2 Å². The minimum Gasteiger partial charge on any atom is -0.358 e. The first-order chi connectivity index (χ1) is 10.0. The molecule has 0 bridgehead atoms. The van der Waals surface area contributed by atoms with Crippen molar-refractivity contribution < 1.29 is 9.59 Å². The van der Waals surface area contributed by atoms with Crippen LogP contribution < -0.4 is 5.32 Å². The van der Waals surface area contributed by atoms with E-state index < -0.39 is 0 Å². The molecule has 114 valence electrons. The number of nitrogens with zero attached hydrogens (tertiary/aromatic N) is 3. The zero-order chi connectivity index (χ0) is 15.4. The lowest BCUT2D eigenvalue weighted by Gasteiger charge is -2.34. The molecule has 0 spiro atoms. The first-order valence-corrected chi connectivity index (χ1v) is 7.30. The standard InChI is InChI=1S/C13H16Cl2N4O2/c1-16-12(20)8-18-2-4-19(5-3-18)13(21)9-6-11(15)17-7-10(9)14/h6-7H,2-5,8H2,1H3,(H,16,20). The number of piperazine rings is 1. The van der Waals surface area contributed by atoms with Crippen molar-refractivity contribution in [2.75, 3.05) is 39.8 Å². The lowest BCUT2D eigenvalue weighted by Crippen LogP contribution is -2.50. The van der Waals surface area contributed by atoms with Gasteiger partial charge in [0.2, 0.25) is 5.91 Å². The third-order valence-electron chi connectivity index (χ3n) is 3.36. The molecular formula is C13H16Cl2N4O2. The third kappa shape index (κ3) is 4.06. The maximum absolute atomic E-state index is 12.4. The van der Waals surface area contributed by atoms with Crippen molar-refractivity contribution >= 4 is 35.0 Å². The van der Waals surface area contributed by atoms with E-state index in [9.17, 15) is 9.59 Å². The fourth-order valence-electron chi connectivity index (χ4n) is 2.14. The molecule has 1 aliphatic heterocycles. The molecule has 0 saturated carbocycles. The van der Waals surface area contributed by atoms with Crippen molar-refractivity contribution in [3.05, 3.63) is 28.0 Å². The van der Waals surface area contributed by atoms with E-state index in [-0.39, 0.29) is 22.0 Å². The SMILES string of the molecule is CNC(=O)CN1CCN(C(=O)c2cc(Cl)ncc2Cl)CC1. The van der Waals surface area contributed by atoms with E-state index >= 15 is 0 Å². The number of pyridine rings is 1. The number of rotatable bonds is 3. The molecule has 0 radical (unpaired) electrons. The van der Waals surface area contributed by atoms with Crippen LogP contribution in [-0.2, 0) is 4.79 Å². The summed E-state index contributed by atoms with van der Waals surface area (Å²) in [5.41, 5.74) is 0.358. The number of hydrogen-bond donors (Lipinski definition) is 1. The number of carbonyl (C=O) groups excluding carboxylic acids is 2. The summed E-state index contributed by atoms with van der Waals surface area (Å²) < 4.78 is 0. The fourth-order valence-corrected chi connectivity index (χ4v) is 2.48. The molecule has 1 aromatic rings. The Balaban J connectivity index is 1.97. The molecule has 0 atom stereocenters. The van der Waals surface area contributed by atoms with Gasteiger partial charge in [-0.3, -0.25) is 14.5 Å². The summed E-state index contributed by atoms with van der Waals surface area (Å²) in [7, 11) is 1.61.